The summed E-state index contributed by atoms with van der Waals surface area (Å²) in [6.45, 7) is 4.01. The zero-order valence-corrected chi connectivity index (χ0v) is 13.7. The van der Waals surface area contributed by atoms with Crippen LogP contribution in [0, 0.1) is 5.82 Å². The monoisotopic (exact) mass is 332 g/mol. The third kappa shape index (κ3) is 3.44. The Morgan fingerprint density at radius 3 is 2.88 bits per heavy atom. The standard InChI is InChI=1S/C16H21FN6O/c1-3-6-14-19-15(16(24)18-13-9-10(2)20-21-13)22-23(14)12-8-5-4-7-11(12)17/h4-5,7-8,10,13,20-21H,3,6,9H2,1-2H3,(H,18,24). The molecule has 8 heteroatoms. The first-order valence-electron chi connectivity index (χ1n) is 8.11. The predicted octanol–water partition coefficient (Wildman–Crippen LogP) is 1.30. The number of aryl methyl sites for hydroxylation is 1. The van der Waals surface area contributed by atoms with Crippen LogP contribution in [0.4, 0.5) is 4.39 Å². The molecule has 2 atom stereocenters. The van der Waals surface area contributed by atoms with E-state index in [0.717, 1.165) is 12.8 Å². The van der Waals surface area contributed by atoms with Crippen molar-refractivity contribution in [3.63, 3.8) is 0 Å². The third-order valence-electron chi connectivity index (χ3n) is 3.83. The second-order valence-corrected chi connectivity index (χ2v) is 5.92. The van der Waals surface area contributed by atoms with Crippen LogP contribution in [-0.2, 0) is 6.42 Å². The van der Waals surface area contributed by atoms with Gasteiger partial charge >= 0.3 is 0 Å². The van der Waals surface area contributed by atoms with E-state index in [-0.39, 0.29) is 23.9 Å². The summed E-state index contributed by atoms with van der Waals surface area (Å²) >= 11 is 0. The molecule has 24 heavy (non-hydrogen) atoms. The third-order valence-corrected chi connectivity index (χ3v) is 3.83. The summed E-state index contributed by atoms with van der Waals surface area (Å²) in [5, 5.41) is 7.06. The molecule has 1 aliphatic heterocycles. The Morgan fingerprint density at radius 2 is 2.21 bits per heavy atom. The average Bonchev–Trinajstić information content (AvgIpc) is 3.15. The highest BCUT2D eigenvalue weighted by Gasteiger charge is 2.25. The van der Waals surface area contributed by atoms with E-state index in [2.05, 4.69) is 26.3 Å². The maximum absolute atomic E-state index is 14.1. The molecule has 0 bridgehead atoms. The van der Waals surface area contributed by atoms with Gasteiger partial charge in [-0.1, -0.05) is 19.1 Å². The van der Waals surface area contributed by atoms with E-state index >= 15 is 0 Å². The molecule has 0 spiro atoms. The van der Waals surface area contributed by atoms with E-state index < -0.39 is 5.82 Å². The lowest BCUT2D eigenvalue weighted by Crippen LogP contribution is -2.44. The molecule has 128 valence electrons. The molecule has 3 N–H and O–H groups in total. The van der Waals surface area contributed by atoms with Crippen molar-refractivity contribution in [1.29, 1.82) is 0 Å². The molecule has 0 saturated carbocycles. The van der Waals surface area contributed by atoms with Crippen molar-refractivity contribution in [2.75, 3.05) is 0 Å². The Balaban J connectivity index is 1.85. The van der Waals surface area contributed by atoms with Crippen LogP contribution in [0.15, 0.2) is 24.3 Å². The van der Waals surface area contributed by atoms with Gasteiger partial charge in [-0.2, -0.15) is 0 Å². The molecule has 2 heterocycles. The van der Waals surface area contributed by atoms with Crippen LogP contribution in [0.5, 0.6) is 0 Å². The lowest BCUT2D eigenvalue weighted by atomic mass is 10.2. The predicted molar refractivity (Wildman–Crippen MR) is 86.9 cm³/mol. The number of aromatic nitrogens is 3. The molecule has 0 aliphatic carbocycles. The zero-order valence-electron chi connectivity index (χ0n) is 13.7. The molecule has 1 amide bonds. The van der Waals surface area contributed by atoms with Crippen LogP contribution in [0.3, 0.4) is 0 Å². The second-order valence-electron chi connectivity index (χ2n) is 5.92. The number of halogens is 1. The van der Waals surface area contributed by atoms with Gasteiger partial charge in [0.2, 0.25) is 5.82 Å². The molecule has 2 unspecified atom stereocenters. The van der Waals surface area contributed by atoms with Gasteiger partial charge in [0, 0.05) is 12.5 Å². The summed E-state index contributed by atoms with van der Waals surface area (Å²) in [6.07, 6.45) is 2.01. The Kier molecular flexibility index (Phi) is 4.86. The molecule has 1 fully saturated rings. The molecule has 2 aromatic rings. The average molecular weight is 332 g/mol. The number of benzene rings is 1. The first-order valence-corrected chi connectivity index (χ1v) is 8.11. The zero-order chi connectivity index (χ0) is 17.1. The number of hydrazine groups is 1. The Hall–Kier alpha value is -2.32. The summed E-state index contributed by atoms with van der Waals surface area (Å²) in [5.74, 6) is -0.167. The Morgan fingerprint density at radius 1 is 1.42 bits per heavy atom. The van der Waals surface area contributed by atoms with Crippen molar-refractivity contribution in [3.8, 4) is 5.69 Å². The van der Waals surface area contributed by atoms with Crippen molar-refractivity contribution < 1.29 is 9.18 Å². The van der Waals surface area contributed by atoms with Gasteiger partial charge in [0.1, 0.15) is 17.3 Å². The largest absolute Gasteiger partial charge is 0.333 e. The molecule has 0 radical (unpaired) electrons. The van der Waals surface area contributed by atoms with Gasteiger partial charge in [-0.15, -0.1) is 5.10 Å². The summed E-state index contributed by atoms with van der Waals surface area (Å²) in [5.41, 5.74) is 6.32. The van der Waals surface area contributed by atoms with Gasteiger partial charge in [-0.05, 0) is 31.9 Å². The number of nitrogens with one attached hydrogen (secondary N) is 3. The van der Waals surface area contributed by atoms with Gasteiger partial charge in [0.05, 0.1) is 6.17 Å². The van der Waals surface area contributed by atoms with Crippen LogP contribution in [0.1, 0.15) is 43.1 Å². The van der Waals surface area contributed by atoms with Crippen molar-refractivity contribution in [2.24, 2.45) is 0 Å². The van der Waals surface area contributed by atoms with Crippen molar-refractivity contribution >= 4 is 5.91 Å². The fourth-order valence-corrected chi connectivity index (χ4v) is 2.67. The summed E-state index contributed by atoms with van der Waals surface area (Å²) in [7, 11) is 0. The van der Waals surface area contributed by atoms with Crippen LogP contribution >= 0.6 is 0 Å². The topological polar surface area (TPSA) is 83.9 Å². The van der Waals surface area contributed by atoms with Gasteiger partial charge in [0.25, 0.3) is 5.91 Å². The minimum absolute atomic E-state index is 0.0445. The molecule has 1 aromatic carbocycles. The summed E-state index contributed by atoms with van der Waals surface area (Å²) < 4.78 is 15.5. The van der Waals surface area contributed by atoms with E-state index in [1.54, 1.807) is 18.2 Å². The second kappa shape index (κ2) is 7.06. The highest BCUT2D eigenvalue weighted by Crippen LogP contribution is 2.15. The SMILES string of the molecule is CCCc1nc(C(=O)NC2CC(C)NN2)nn1-c1ccccc1F. The number of carbonyl (C=O) groups excluding carboxylic acids is 1. The maximum Gasteiger partial charge on any atom is 0.292 e. The molecule has 3 rings (SSSR count). The Bertz CT molecular complexity index is 731. The molecular formula is C16H21FN6O. The smallest absolute Gasteiger partial charge is 0.292 e. The van der Waals surface area contributed by atoms with E-state index in [4.69, 9.17) is 0 Å². The molecular weight excluding hydrogens is 311 g/mol. The van der Waals surface area contributed by atoms with Crippen LogP contribution < -0.4 is 16.2 Å². The number of hydrogen-bond donors (Lipinski definition) is 3. The lowest BCUT2D eigenvalue weighted by molar-refractivity contribution is 0.0921. The summed E-state index contributed by atoms with van der Waals surface area (Å²) in [4.78, 5) is 16.7. The van der Waals surface area contributed by atoms with Gasteiger partial charge in [0.15, 0.2) is 0 Å². The number of rotatable bonds is 5. The number of amides is 1. The van der Waals surface area contributed by atoms with Crippen molar-refractivity contribution in [1.82, 2.24) is 30.9 Å². The quantitative estimate of drug-likeness (QED) is 0.769. The summed E-state index contributed by atoms with van der Waals surface area (Å²) in [6, 6.07) is 6.60. The maximum atomic E-state index is 14.1. The van der Waals surface area contributed by atoms with E-state index in [1.807, 2.05) is 13.8 Å². The highest BCUT2D eigenvalue weighted by molar-refractivity contribution is 5.90. The van der Waals surface area contributed by atoms with E-state index in [9.17, 15) is 9.18 Å². The van der Waals surface area contributed by atoms with Crippen molar-refractivity contribution in [2.45, 2.75) is 45.3 Å². The molecule has 7 nitrogen and oxygen atoms in total. The first kappa shape index (κ1) is 16.5. The number of nitrogens with zero attached hydrogens (tertiary/aromatic N) is 3. The van der Waals surface area contributed by atoms with E-state index in [1.165, 1.54) is 10.7 Å². The van der Waals surface area contributed by atoms with Crippen molar-refractivity contribution in [3.05, 3.63) is 41.7 Å². The number of hydrogen-bond acceptors (Lipinski definition) is 5. The fraction of sp³-hybridized carbons (Fsp3) is 0.438. The fourth-order valence-electron chi connectivity index (χ4n) is 2.67. The Labute approximate surface area is 139 Å². The van der Waals surface area contributed by atoms with Gasteiger partial charge in [-0.25, -0.2) is 19.5 Å². The van der Waals surface area contributed by atoms with Crippen LogP contribution in [0.25, 0.3) is 5.69 Å². The highest BCUT2D eigenvalue weighted by atomic mass is 19.1. The number of para-hydroxylation sites is 1. The molecule has 1 aromatic heterocycles. The van der Waals surface area contributed by atoms with Gasteiger partial charge in [-0.3, -0.25) is 10.2 Å². The first-order chi connectivity index (χ1) is 11.6. The van der Waals surface area contributed by atoms with Crippen LogP contribution in [0.2, 0.25) is 0 Å². The molecule has 1 saturated heterocycles. The number of carbonyl (C=O) groups is 1. The van der Waals surface area contributed by atoms with Crippen LogP contribution in [-0.4, -0.2) is 32.9 Å². The van der Waals surface area contributed by atoms with Gasteiger partial charge < -0.3 is 5.32 Å². The normalized spacial score (nSPS) is 20.3. The molecule has 1 aliphatic rings. The van der Waals surface area contributed by atoms with E-state index in [0.29, 0.717) is 17.9 Å². The lowest BCUT2D eigenvalue weighted by Gasteiger charge is -2.09. The minimum atomic E-state index is -0.401. The minimum Gasteiger partial charge on any atom is -0.333 e.